The number of aromatic nitrogens is 2. The molecule has 0 spiro atoms. The van der Waals surface area contributed by atoms with Gasteiger partial charge in [0.25, 0.3) is 0 Å². The molecule has 4 heteroatoms. The minimum absolute atomic E-state index is 0.283. The second kappa shape index (κ2) is 6.67. The van der Waals surface area contributed by atoms with Crippen LogP contribution in [0.5, 0.6) is 5.88 Å². The maximum atomic E-state index is 5.92. The average Bonchev–Trinajstić information content (AvgIpc) is 3.00. The van der Waals surface area contributed by atoms with Gasteiger partial charge in [0.15, 0.2) is 0 Å². The van der Waals surface area contributed by atoms with E-state index in [2.05, 4.69) is 39.6 Å². The molecule has 0 atom stereocenters. The molecule has 2 aromatic rings. The van der Waals surface area contributed by atoms with Crippen molar-refractivity contribution in [2.45, 2.75) is 56.7 Å². The van der Waals surface area contributed by atoms with Crippen molar-refractivity contribution in [3.8, 4) is 5.88 Å². The van der Waals surface area contributed by atoms with Crippen molar-refractivity contribution in [2.75, 3.05) is 0 Å². The van der Waals surface area contributed by atoms with Crippen LogP contribution in [0.4, 0.5) is 0 Å². The zero-order chi connectivity index (χ0) is 15.5. The lowest BCUT2D eigenvalue weighted by Gasteiger charge is -2.31. The largest absolute Gasteiger partial charge is 0.473 e. The molecule has 2 aliphatic carbocycles. The zero-order valence-electron chi connectivity index (χ0n) is 13.3. The van der Waals surface area contributed by atoms with Crippen molar-refractivity contribution < 1.29 is 4.74 Å². The Morgan fingerprint density at radius 1 is 0.913 bits per heavy atom. The Morgan fingerprint density at radius 2 is 1.65 bits per heavy atom. The van der Waals surface area contributed by atoms with Crippen molar-refractivity contribution in [1.82, 2.24) is 15.3 Å². The molecule has 0 saturated heterocycles. The summed E-state index contributed by atoms with van der Waals surface area (Å²) in [5.74, 6) is 0.648. The van der Waals surface area contributed by atoms with Gasteiger partial charge in [0.2, 0.25) is 5.88 Å². The smallest absolute Gasteiger partial charge is 0.232 e. The highest BCUT2D eigenvalue weighted by Gasteiger charge is 2.27. The van der Waals surface area contributed by atoms with Crippen LogP contribution < -0.4 is 10.1 Å². The lowest BCUT2D eigenvalue weighted by Crippen LogP contribution is -2.42. The fourth-order valence-electron chi connectivity index (χ4n) is 3.87. The fourth-order valence-corrected chi connectivity index (χ4v) is 3.87. The van der Waals surface area contributed by atoms with Crippen LogP contribution in [-0.4, -0.2) is 28.2 Å². The van der Waals surface area contributed by atoms with Gasteiger partial charge in [-0.3, -0.25) is 4.98 Å². The Bertz CT molecular complexity index is 613. The van der Waals surface area contributed by atoms with Crippen LogP contribution >= 0.6 is 0 Å². The molecule has 23 heavy (non-hydrogen) atoms. The molecule has 1 aromatic heterocycles. The Balaban J connectivity index is 1.25. The third-order valence-electron chi connectivity index (χ3n) is 5.02. The summed E-state index contributed by atoms with van der Waals surface area (Å²) in [5, 5.41) is 3.87. The molecule has 120 valence electrons. The monoisotopic (exact) mass is 309 g/mol. The van der Waals surface area contributed by atoms with E-state index >= 15 is 0 Å². The van der Waals surface area contributed by atoms with Gasteiger partial charge < -0.3 is 10.1 Å². The van der Waals surface area contributed by atoms with Crippen molar-refractivity contribution in [2.24, 2.45) is 0 Å². The van der Waals surface area contributed by atoms with Gasteiger partial charge >= 0.3 is 0 Å². The van der Waals surface area contributed by atoms with Crippen molar-refractivity contribution in [3.63, 3.8) is 0 Å². The molecule has 1 heterocycles. The summed E-state index contributed by atoms with van der Waals surface area (Å²) < 4.78 is 5.92. The van der Waals surface area contributed by atoms with Crippen molar-refractivity contribution in [1.29, 1.82) is 0 Å². The van der Waals surface area contributed by atoms with Gasteiger partial charge in [-0.1, -0.05) is 24.3 Å². The molecule has 0 radical (unpaired) electrons. The Hall–Kier alpha value is -1.94. The molecular formula is C19H23N3O. The van der Waals surface area contributed by atoms with E-state index < -0.39 is 0 Å². The molecule has 1 aromatic carbocycles. The summed E-state index contributed by atoms with van der Waals surface area (Å²) >= 11 is 0. The Labute approximate surface area is 137 Å². The molecule has 0 unspecified atom stereocenters. The van der Waals surface area contributed by atoms with Gasteiger partial charge in [0, 0.05) is 24.5 Å². The third-order valence-corrected chi connectivity index (χ3v) is 5.02. The maximum absolute atomic E-state index is 5.92. The van der Waals surface area contributed by atoms with Crippen LogP contribution in [0.15, 0.2) is 42.9 Å². The number of nitrogens with zero attached hydrogens (tertiary/aromatic N) is 2. The van der Waals surface area contributed by atoms with Gasteiger partial charge in [0.05, 0.1) is 6.20 Å². The van der Waals surface area contributed by atoms with Crippen LogP contribution in [0.2, 0.25) is 0 Å². The van der Waals surface area contributed by atoms with Crippen LogP contribution in [0.1, 0.15) is 36.8 Å². The minimum Gasteiger partial charge on any atom is -0.473 e. The molecule has 1 fully saturated rings. The predicted molar refractivity (Wildman–Crippen MR) is 89.5 cm³/mol. The SMILES string of the molecule is c1ccc2c(c1)CC(NC1CCC(Oc3cnccn3)CC1)C2. The van der Waals surface area contributed by atoms with Crippen molar-refractivity contribution >= 4 is 0 Å². The molecule has 4 nitrogen and oxygen atoms in total. The number of hydrogen-bond acceptors (Lipinski definition) is 4. The highest BCUT2D eigenvalue weighted by Crippen LogP contribution is 2.26. The Kier molecular flexibility index (Phi) is 4.24. The molecule has 1 N–H and O–H groups in total. The van der Waals surface area contributed by atoms with Crippen LogP contribution in [-0.2, 0) is 12.8 Å². The lowest BCUT2D eigenvalue weighted by molar-refractivity contribution is 0.131. The van der Waals surface area contributed by atoms with E-state index in [1.165, 1.54) is 36.8 Å². The van der Waals surface area contributed by atoms with E-state index in [0.29, 0.717) is 18.0 Å². The molecular weight excluding hydrogens is 286 g/mol. The Morgan fingerprint density at radius 3 is 2.30 bits per heavy atom. The standard InChI is InChI=1S/C19H23N3O/c1-2-4-15-12-17(11-14(15)3-1)22-16-5-7-18(8-6-16)23-19-13-20-9-10-21-19/h1-4,9-10,13,16-18,22H,5-8,11-12H2. The molecule has 4 rings (SSSR count). The van der Waals surface area contributed by atoms with E-state index in [1.807, 2.05) is 0 Å². The normalized spacial score (nSPS) is 24.3. The van der Waals surface area contributed by atoms with Crippen molar-refractivity contribution in [3.05, 3.63) is 54.0 Å². The summed E-state index contributed by atoms with van der Waals surface area (Å²) in [4.78, 5) is 8.25. The third kappa shape index (κ3) is 3.53. The molecule has 0 amide bonds. The van der Waals surface area contributed by atoms with E-state index in [0.717, 1.165) is 12.8 Å². The van der Waals surface area contributed by atoms with Gasteiger partial charge in [0.1, 0.15) is 6.10 Å². The summed E-state index contributed by atoms with van der Waals surface area (Å²) in [6, 6.07) is 10.1. The molecule has 2 aliphatic rings. The van der Waals surface area contributed by atoms with Gasteiger partial charge in [-0.05, 0) is 49.7 Å². The van der Waals surface area contributed by atoms with Crippen LogP contribution in [0, 0.1) is 0 Å². The number of rotatable bonds is 4. The van der Waals surface area contributed by atoms with Gasteiger partial charge in [-0.15, -0.1) is 0 Å². The van der Waals surface area contributed by atoms with Gasteiger partial charge in [-0.25, -0.2) is 4.98 Å². The van der Waals surface area contributed by atoms with E-state index in [4.69, 9.17) is 4.74 Å². The second-order valence-corrected chi connectivity index (χ2v) is 6.68. The molecule has 1 saturated carbocycles. The maximum Gasteiger partial charge on any atom is 0.232 e. The van der Waals surface area contributed by atoms with Gasteiger partial charge in [-0.2, -0.15) is 0 Å². The summed E-state index contributed by atoms with van der Waals surface area (Å²) in [6.07, 6.45) is 12.2. The highest BCUT2D eigenvalue weighted by atomic mass is 16.5. The summed E-state index contributed by atoms with van der Waals surface area (Å²) in [7, 11) is 0. The first-order chi connectivity index (χ1) is 11.4. The first-order valence-corrected chi connectivity index (χ1v) is 8.62. The predicted octanol–water partition coefficient (Wildman–Crippen LogP) is 2.92. The minimum atomic E-state index is 0.283. The first kappa shape index (κ1) is 14.6. The summed E-state index contributed by atoms with van der Waals surface area (Å²) in [5.41, 5.74) is 3.04. The lowest BCUT2D eigenvalue weighted by atomic mass is 9.92. The molecule has 0 bridgehead atoms. The summed E-state index contributed by atoms with van der Waals surface area (Å²) in [6.45, 7) is 0. The number of ether oxygens (including phenoxy) is 1. The number of benzene rings is 1. The van der Waals surface area contributed by atoms with Crippen LogP contribution in [0.3, 0.4) is 0 Å². The van der Waals surface area contributed by atoms with E-state index in [-0.39, 0.29) is 6.10 Å². The first-order valence-electron chi connectivity index (χ1n) is 8.62. The number of nitrogens with one attached hydrogen (secondary N) is 1. The average molecular weight is 309 g/mol. The van der Waals surface area contributed by atoms with E-state index in [1.54, 1.807) is 18.6 Å². The fraction of sp³-hybridized carbons (Fsp3) is 0.474. The topological polar surface area (TPSA) is 47.0 Å². The van der Waals surface area contributed by atoms with Crippen LogP contribution in [0.25, 0.3) is 0 Å². The zero-order valence-corrected chi connectivity index (χ0v) is 13.3. The number of fused-ring (bicyclic) bond motifs is 1. The highest BCUT2D eigenvalue weighted by molar-refractivity contribution is 5.33. The van der Waals surface area contributed by atoms with E-state index in [9.17, 15) is 0 Å². The quantitative estimate of drug-likeness (QED) is 0.943. The second-order valence-electron chi connectivity index (χ2n) is 6.68. The number of hydrogen-bond donors (Lipinski definition) is 1. The molecule has 0 aliphatic heterocycles.